The Labute approximate surface area is 115 Å². The topological polar surface area (TPSA) is 42.4 Å². The van der Waals surface area contributed by atoms with E-state index < -0.39 is 0 Å². The van der Waals surface area contributed by atoms with Crippen molar-refractivity contribution in [1.82, 2.24) is 0 Å². The van der Waals surface area contributed by atoms with Gasteiger partial charge in [-0.15, -0.1) is 0 Å². The second-order valence-corrected chi connectivity index (χ2v) is 5.23. The molecule has 0 spiro atoms. The average molecular weight is 342 g/mol. The van der Waals surface area contributed by atoms with Crippen LogP contribution in [0.5, 0.6) is 0 Å². The molecule has 0 radical (unpaired) electrons. The number of benzene rings is 1. The number of nitrogen functional groups attached to an aromatic ring is 1. The third-order valence-corrected chi connectivity index (χ3v) is 3.62. The minimum Gasteiger partial charge on any atom is -0.469 e. The summed E-state index contributed by atoms with van der Waals surface area (Å²) in [4.78, 5) is 2.19. The molecule has 4 heteroatoms. The van der Waals surface area contributed by atoms with Gasteiger partial charge in [-0.1, -0.05) is 0 Å². The van der Waals surface area contributed by atoms with Gasteiger partial charge in [0, 0.05) is 28.4 Å². The first-order valence-electron chi connectivity index (χ1n) is 5.37. The molecule has 2 N–H and O–H groups in total. The van der Waals surface area contributed by atoms with Gasteiger partial charge in [0.25, 0.3) is 0 Å². The molecular formula is C13H15IN2O. The van der Waals surface area contributed by atoms with Gasteiger partial charge >= 0.3 is 0 Å². The predicted octanol–water partition coefficient (Wildman–Crippen LogP) is 3.41. The van der Waals surface area contributed by atoms with Crippen LogP contribution in [-0.4, -0.2) is 7.05 Å². The number of hydrogen-bond acceptors (Lipinski definition) is 3. The molecule has 0 amide bonds. The van der Waals surface area contributed by atoms with Gasteiger partial charge in [-0.05, 0) is 53.8 Å². The van der Waals surface area contributed by atoms with Crippen LogP contribution in [0.25, 0.3) is 0 Å². The molecule has 0 fully saturated rings. The maximum atomic E-state index is 5.75. The van der Waals surface area contributed by atoms with Gasteiger partial charge in [-0.3, -0.25) is 0 Å². The fourth-order valence-electron chi connectivity index (χ4n) is 1.75. The summed E-state index contributed by atoms with van der Waals surface area (Å²) >= 11 is 2.31. The molecule has 0 bridgehead atoms. The van der Waals surface area contributed by atoms with Gasteiger partial charge in [0.05, 0.1) is 12.0 Å². The number of aryl methyl sites for hydroxylation is 1. The smallest absolute Gasteiger partial charge is 0.105 e. The molecule has 3 nitrogen and oxygen atoms in total. The van der Waals surface area contributed by atoms with Crippen LogP contribution in [0.15, 0.2) is 34.9 Å². The third-order valence-electron chi connectivity index (χ3n) is 2.76. The average Bonchev–Trinajstić information content (AvgIpc) is 2.64. The van der Waals surface area contributed by atoms with Crippen LogP contribution in [-0.2, 0) is 6.54 Å². The minimum atomic E-state index is 0.797. The molecule has 0 unspecified atom stereocenters. The zero-order valence-electron chi connectivity index (χ0n) is 9.90. The first kappa shape index (κ1) is 12.3. The summed E-state index contributed by atoms with van der Waals surface area (Å²) in [5.74, 6) is 0.974. The zero-order valence-corrected chi connectivity index (χ0v) is 12.1. The molecule has 0 aliphatic heterocycles. The van der Waals surface area contributed by atoms with Gasteiger partial charge in [-0.2, -0.15) is 0 Å². The van der Waals surface area contributed by atoms with E-state index in [4.69, 9.17) is 10.2 Å². The largest absolute Gasteiger partial charge is 0.469 e. The van der Waals surface area contributed by atoms with Crippen LogP contribution >= 0.6 is 22.6 Å². The SMILES string of the molecule is Cc1occc1CN(C)c1ccc(N)cc1I. The first-order chi connectivity index (χ1) is 8.08. The van der Waals surface area contributed by atoms with Gasteiger partial charge in [-0.25, -0.2) is 0 Å². The quantitative estimate of drug-likeness (QED) is 0.687. The summed E-state index contributed by atoms with van der Waals surface area (Å²) in [5, 5.41) is 0. The highest BCUT2D eigenvalue weighted by Crippen LogP contribution is 2.25. The van der Waals surface area contributed by atoms with Crippen LogP contribution in [0.2, 0.25) is 0 Å². The minimum absolute atomic E-state index is 0.797. The van der Waals surface area contributed by atoms with E-state index in [9.17, 15) is 0 Å². The van der Waals surface area contributed by atoms with E-state index in [1.165, 1.54) is 11.3 Å². The van der Waals surface area contributed by atoms with Crippen molar-refractivity contribution < 1.29 is 4.42 Å². The molecule has 0 atom stereocenters. The standard InChI is InChI=1S/C13H15IN2O/c1-9-10(5-6-17-9)8-16(2)13-4-3-11(15)7-12(13)14/h3-7H,8,15H2,1-2H3. The van der Waals surface area contributed by atoms with Crippen LogP contribution in [0.3, 0.4) is 0 Å². The van der Waals surface area contributed by atoms with Crippen LogP contribution < -0.4 is 10.6 Å². The fraction of sp³-hybridized carbons (Fsp3) is 0.231. The number of anilines is 2. The van der Waals surface area contributed by atoms with E-state index in [-0.39, 0.29) is 0 Å². The maximum absolute atomic E-state index is 5.75. The van der Waals surface area contributed by atoms with Crippen molar-refractivity contribution in [3.8, 4) is 0 Å². The van der Waals surface area contributed by atoms with E-state index in [0.717, 1.165) is 21.6 Å². The molecular weight excluding hydrogens is 327 g/mol. The molecule has 0 saturated carbocycles. The lowest BCUT2D eigenvalue weighted by molar-refractivity contribution is 0.529. The number of nitrogens with zero attached hydrogens (tertiary/aromatic N) is 1. The number of nitrogens with two attached hydrogens (primary N) is 1. The van der Waals surface area contributed by atoms with Crippen LogP contribution in [0, 0.1) is 10.5 Å². The molecule has 1 aromatic carbocycles. The molecule has 1 heterocycles. The highest BCUT2D eigenvalue weighted by molar-refractivity contribution is 14.1. The highest BCUT2D eigenvalue weighted by Gasteiger charge is 2.09. The zero-order chi connectivity index (χ0) is 12.4. The van der Waals surface area contributed by atoms with Crippen LogP contribution in [0.4, 0.5) is 11.4 Å². The summed E-state index contributed by atoms with van der Waals surface area (Å²) in [5.41, 5.74) is 8.94. The van der Waals surface area contributed by atoms with Crippen molar-refractivity contribution in [2.45, 2.75) is 13.5 Å². The third kappa shape index (κ3) is 2.74. The Hall–Kier alpha value is -1.17. The monoisotopic (exact) mass is 342 g/mol. The van der Waals surface area contributed by atoms with Crippen LogP contribution in [0.1, 0.15) is 11.3 Å². The lowest BCUT2D eigenvalue weighted by atomic mass is 10.2. The second-order valence-electron chi connectivity index (χ2n) is 4.07. The molecule has 90 valence electrons. The number of rotatable bonds is 3. The van der Waals surface area contributed by atoms with Gasteiger partial charge in [0.15, 0.2) is 0 Å². The second kappa shape index (κ2) is 5.00. The lowest BCUT2D eigenvalue weighted by Crippen LogP contribution is -2.17. The molecule has 2 rings (SSSR count). The van der Waals surface area contributed by atoms with Crippen molar-refractivity contribution >= 4 is 34.0 Å². The Kier molecular flexibility index (Phi) is 3.61. The predicted molar refractivity (Wildman–Crippen MR) is 79.1 cm³/mol. The summed E-state index contributed by atoms with van der Waals surface area (Å²) in [6, 6.07) is 7.97. The Morgan fingerprint density at radius 1 is 1.35 bits per heavy atom. The molecule has 0 aliphatic rings. The number of furan rings is 1. The molecule has 2 aromatic rings. The van der Waals surface area contributed by atoms with Crippen molar-refractivity contribution in [2.75, 3.05) is 17.7 Å². The summed E-state index contributed by atoms with van der Waals surface area (Å²) in [6.45, 7) is 2.82. The number of halogens is 1. The highest BCUT2D eigenvalue weighted by atomic mass is 127. The Balaban J connectivity index is 2.20. The first-order valence-corrected chi connectivity index (χ1v) is 6.45. The molecule has 1 aromatic heterocycles. The van der Waals surface area contributed by atoms with E-state index in [0.29, 0.717) is 0 Å². The van der Waals surface area contributed by atoms with Gasteiger partial charge in [0.1, 0.15) is 5.76 Å². The Morgan fingerprint density at radius 3 is 2.71 bits per heavy atom. The van der Waals surface area contributed by atoms with E-state index in [1.807, 2.05) is 31.2 Å². The molecule has 17 heavy (non-hydrogen) atoms. The van der Waals surface area contributed by atoms with Crippen molar-refractivity contribution in [3.05, 3.63) is 45.4 Å². The Morgan fingerprint density at radius 2 is 2.12 bits per heavy atom. The summed E-state index contributed by atoms with van der Waals surface area (Å²) in [7, 11) is 2.07. The fourth-order valence-corrected chi connectivity index (χ4v) is 2.70. The number of hydrogen-bond donors (Lipinski definition) is 1. The van der Waals surface area contributed by atoms with E-state index >= 15 is 0 Å². The maximum Gasteiger partial charge on any atom is 0.105 e. The van der Waals surface area contributed by atoms with Gasteiger partial charge < -0.3 is 15.1 Å². The van der Waals surface area contributed by atoms with Crippen molar-refractivity contribution in [2.24, 2.45) is 0 Å². The van der Waals surface area contributed by atoms with Gasteiger partial charge in [0.2, 0.25) is 0 Å². The van der Waals surface area contributed by atoms with E-state index in [1.54, 1.807) is 6.26 Å². The molecule has 0 saturated heterocycles. The normalized spacial score (nSPS) is 10.5. The van der Waals surface area contributed by atoms with Crippen molar-refractivity contribution in [1.29, 1.82) is 0 Å². The summed E-state index contributed by atoms with van der Waals surface area (Å²) in [6.07, 6.45) is 1.73. The molecule has 0 aliphatic carbocycles. The summed E-state index contributed by atoms with van der Waals surface area (Å²) < 4.78 is 6.46. The van der Waals surface area contributed by atoms with Crippen molar-refractivity contribution in [3.63, 3.8) is 0 Å². The van der Waals surface area contributed by atoms with E-state index in [2.05, 4.69) is 34.5 Å². The Bertz CT molecular complexity index is 522. The lowest BCUT2D eigenvalue weighted by Gasteiger charge is -2.20.